The molecule has 0 radical (unpaired) electrons. The van der Waals surface area contributed by atoms with E-state index in [1.807, 2.05) is 12.1 Å². The maximum absolute atomic E-state index is 11.8. The van der Waals surface area contributed by atoms with Crippen molar-refractivity contribution < 1.29 is 63.2 Å². The fraction of sp³-hybridized carbons (Fsp3) is 0.448. The first-order valence-electron chi connectivity index (χ1n) is 13.1. The van der Waals surface area contributed by atoms with E-state index in [1.54, 1.807) is 19.2 Å². The molecule has 7 rings (SSSR count). The molecule has 222 valence electrons. The predicted octanol–water partition coefficient (Wildman–Crippen LogP) is 0.643. The molecular weight excluding hydrogens is 556 g/mol. The highest BCUT2D eigenvalue weighted by atomic mass is 16.7. The number of methoxy groups -OCH3 is 2. The third kappa shape index (κ3) is 4.53. The summed E-state index contributed by atoms with van der Waals surface area (Å²) in [6, 6.07) is 7.06. The average molecular weight is 585 g/mol. The lowest BCUT2D eigenvalue weighted by Gasteiger charge is -2.47. The van der Waals surface area contributed by atoms with Crippen LogP contribution in [-0.2, 0) is 19.1 Å². The zero-order valence-electron chi connectivity index (χ0n) is 22.6. The second-order valence-electron chi connectivity index (χ2n) is 10.3. The van der Waals surface area contributed by atoms with Crippen LogP contribution in [0.25, 0.3) is 0 Å². The molecule has 0 unspecified atom stereocenters. The molecule has 1 saturated heterocycles. The molecule has 0 aromatic heterocycles. The van der Waals surface area contributed by atoms with Crippen LogP contribution in [0.2, 0.25) is 0 Å². The molecule has 5 aliphatic heterocycles. The van der Waals surface area contributed by atoms with E-state index in [4.69, 9.17) is 38.3 Å². The monoisotopic (exact) mass is 584 g/mol. The minimum absolute atomic E-state index is 0.139. The fourth-order valence-electron chi connectivity index (χ4n) is 5.70. The summed E-state index contributed by atoms with van der Waals surface area (Å²) in [5, 5.41) is 41.7. The van der Waals surface area contributed by atoms with Gasteiger partial charge < -0.3 is 53.6 Å². The van der Waals surface area contributed by atoms with E-state index in [2.05, 4.69) is 11.8 Å². The lowest BCUT2D eigenvalue weighted by molar-refractivity contribution is -0.312. The van der Waals surface area contributed by atoms with Crippen LogP contribution in [-0.4, -0.2) is 90.0 Å². The summed E-state index contributed by atoms with van der Waals surface area (Å²) >= 11 is 0. The van der Waals surface area contributed by atoms with Gasteiger partial charge in [-0.25, -0.2) is 0 Å². The SMILES string of the molecule is COc1ccc2c(c1OC)O[C@@H]1c3cc4c(cc3OC[C@@H]21)O[C@H]1O[C@H](COC(=O)CC(=O)O)[C@](O)(CC#C4)[C@H](O)[C@H]1O. The molecule has 7 atom stereocenters. The van der Waals surface area contributed by atoms with Crippen LogP contribution >= 0.6 is 0 Å². The van der Waals surface area contributed by atoms with E-state index in [0.29, 0.717) is 40.7 Å². The van der Waals surface area contributed by atoms with Gasteiger partial charge in [0.2, 0.25) is 12.0 Å². The Hall–Kier alpha value is -4.22. The third-order valence-corrected chi connectivity index (χ3v) is 7.88. The van der Waals surface area contributed by atoms with Crippen LogP contribution in [0.5, 0.6) is 28.7 Å². The van der Waals surface area contributed by atoms with Crippen molar-refractivity contribution in [2.45, 2.75) is 55.1 Å². The number of esters is 1. The van der Waals surface area contributed by atoms with Crippen molar-refractivity contribution in [3.8, 4) is 40.6 Å². The number of carboxylic acid groups (broad SMARTS) is 1. The number of carbonyl (C=O) groups is 2. The first-order valence-corrected chi connectivity index (χ1v) is 13.1. The van der Waals surface area contributed by atoms with Crippen LogP contribution in [0.1, 0.15) is 41.6 Å². The number of ether oxygens (including phenoxy) is 7. The summed E-state index contributed by atoms with van der Waals surface area (Å²) in [5.74, 6) is 5.38. The van der Waals surface area contributed by atoms with Crippen molar-refractivity contribution in [2.75, 3.05) is 27.4 Å². The lowest BCUT2D eigenvalue weighted by Crippen LogP contribution is -2.68. The van der Waals surface area contributed by atoms with Crippen LogP contribution in [0.15, 0.2) is 24.3 Å². The van der Waals surface area contributed by atoms with Crippen molar-refractivity contribution in [3.63, 3.8) is 0 Å². The molecule has 5 aliphatic rings. The van der Waals surface area contributed by atoms with Gasteiger partial charge in [-0.15, -0.1) is 0 Å². The molecule has 0 amide bonds. The quantitative estimate of drug-likeness (QED) is 0.211. The van der Waals surface area contributed by atoms with Crippen molar-refractivity contribution in [1.82, 2.24) is 0 Å². The molecule has 0 spiro atoms. The molecule has 4 N–H and O–H groups in total. The second-order valence-corrected chi connectivity index (χ2v) is 10.3. The maximum Gasteiger partial charge on any atom is 0.317 e. The number of aliphatic hydroxyl groups is 3. The number of fused-ring (bicyclic) bond motifs is 8. The van der Waals surface area contributed by atoms with E-state index >= 15 is 0 Å². The summed E-state index contributed by atoms with van der Waals surface area (Å²) in [6.07, 6.45) is -8.08. The molecule has 1 fully saturated rings. The van der Waals surface area contributed by atoms with E-state index in [0.717, 1.165) is 5.56 Å². The molecular formula is C29H28O13. The van der Waals surface area contributed by atoms with E-state index in [9.17, 15) is 24.9 Å². The Balaban J connectivity index is 1.32. The van der Waals surface area contributed by atoms with Gasteiger partial charge in [0.1, 0.15) is 54.5 Å². The van der Waals surface area contributed by atoms with Gasteiger partial charge in [-0.3, -0.25) is 9.59 Å². The smallest absolute Gasteiger partial charge is 0.317 e. The van der Waals surface area contributed by atoms with Crippen LogP contribution in [0.3, 0.4) is 0 Å². The lowest BCUT2D eigenvalue weighted by atomic mass is 9.81. The van der Waals surface area contributed by atoms with Crippen LogP contribution in [0, 0.1) is 11.8 Å². The topological polar surface area (TPSA) is 180 Å². The number of aliphatic carboxylic acids is 1. The Kier molecular flexibility index (Phi) is 7.02. The standard InChI is InChI=1S/C29H28O13/c1-36-17-6-5-14-16-11-38-19-9-18-13(8-15(19)24(16)42-25(14)26(17)37-2)4-3-7-29(35)20(12-39-22(32)10-21(30)31)41-28(40-18)23(33)27(29)34/h5-6,8-9,16,20,23-24,27-28,33-35H,7,10-12H2,1-2H3,(H,30,31)/t16-,20+,23+,24+,27+,28-,29+/m0/s1. The number of carboxylic acids is 1. The van der Waals surface area contributed by atoms with Gasteiger partial charge in [0.15, 0.2) is 11.5 Å². The third-order valence-electron chi connectivity index (χ3n) is 7.88. The van der Waals surface area contributed by atoms with Crippen molar-refractivity contribution in [1.29, 1.82) is 0 Å². The largest absolute Gasteiger partial charge is 0.493 e. The molecule has 0 saturated carbocycles. The maximum atomic E-state index is 11.8. The average Bonchev–Trinajstić information content (AvgIpc) is 3.35. The van der Waals surface area contributed by atoms with Crippen molar-refractivity contribution >= 4 is 11.9 Å². The minimum Gasteiger partial charge on any atom is -0.493 e. The van der Waals surface area contributed by atoms with E-state index in [1.165, 1.54) is 7.11 Å². The Morgan fingerprint density at radius 2 is 1.90 bits per heavy atom. The highest BCUT2D eigenvalue weighted by molar-refractivity contribution is 5.90. The summed E-state index contributed by atoms with van der Waals surface area (Å²) in [6.45, 7) is -0.313. The first kappa shape index (κ1) is 27.9. The van der Waals surface area contributed by atoms with Crippen molar-refractivity contribution in [3.05, 3.63) is 41.0 Å². The van der Waals surface area contributed by atoms with Gasteiger partial charge in [-0.2, -0.15) is 0 Å². The van der Waals surface area contributed by atoms with Gasteiger partial charge in [-0.1, -0.05) is 17.9 Å². The molecule has 42 heavy (non-hydrogen) atoms. The van der Waals surface area contributed by atoms with E-state index in [-0.39, 0.29) is 18.1 Å². The Morgan fingerprint density at radius 1 is 1.10 bits per heavy atom. The molecule has 2 bridgehead atoms. The van der Waals surface area contributed by atoms with E-state index < -0.39 is 61.3 Å². The number of rotatable bonds is 6. The van der Waals surface area contributed by atoms with Crippen LogP contribution in [0.4, 0.5) is 0 Å². The number of benzene rings is 2. The zero-order chi connectivity index (χ0) is 29.8. The van der Waals surface area contributed by atoms with Gasteiger partial charge >= 0.3 is 11.9 Å². The summed E-state index contributed by atoms with van der Waals surface area (Å²) in [7, 11) is 3.08. The number of carbonyl (C=O) groups excluding carboxylic acids is 1. The Labute approximate surface area is 239 Å². The number of hydrogen-bond donors (Lipinski definition) is 4. The predicted molar refractivity (Wildman–Crippen MR) is 139 cm³/mol. The summed E-state index contributed by atoms with van der Waals surface area (Å²) in [4.78, 5) is 22.6. The minimum atomic E-state index is -2.17. The fourth-order valence-corrected chi connectivity index (χ4v) is 5.70. The molecule has 2 aromatic carbocycles. The second kappa shape index (κ2) is 10.6. The highest BCUT2D eigenvalue weighted by Crippen LogP contribution is 2.56. The number of aliphatic hydroxyl groups excluding tert-OH is 2. The molecule has 0 aliphatic carbocycles. The summed E-state index contributed by atoms with van der Waals surface area (Å²) in [5.41, 5.74) is -0.161. The highest BCUT2D eigenvalue weighted by Gasteiger charge is 2.56. The molecule has 5 heterocycles. The normalized spacial score (nSPS) is 29.9. The molecule has 2 aromatic rings. The first-order chi connectivity index (χ1) is 20.1. The van der Waals surface area contributed by atoms with Crippen molar-refractivity contribution in [2.24, 2.45) is 0 Å². The zero-order valence-corrected chi connectivity index (χ0v) is 22.6. The van der Waals surface area contributed by atoms with Gasteiger partial charge in [0, 0.05) is 23.6 Å². The Morgan fingerprint density at radius 3 is 2.64 bits per heavy atom. The molecule has 13 heteroatoms. The number of hydrogen-bond acceptors (Lipinski definition) is 12. The van der Waals surface area contributed by atoms with Crippen LogP contribution < -0.4 is 23.7 Å². The molecule has 13 nitrogen and oxygen atoms in total. The van der Waals surface area contributed by atoms with Gasteiger partial charge in [0.25, 0.3) is 0 Å². The Bertz CT molecular complexity index is 1490. The summed E-state index contributed by atoms with van der Waals surface area (Å²) < 4.78 is 40.1. The van der Waals surface area contributed by atoms with Gasteiger partial charge in [0.05, 0.1) is 32.3 Å². The van der Waals surface area contributed by atoms with Gasteiger partial charge in [-0.05, 0) is 12.1 Å².